The Morgan fingerprint density at radius 2 is 0.853 bits per heavy atom. The number of amides is 8. The zero-order chi connectivity index (χ0) is 69.3. The van der Waals surface area contributed by atoms with Crippen LogP contribution in [0.25, 0.3) is 10.9 Å². The molecule has 0 aliphatic heterocycles. The molecule has 0 spiro atoms. The molecule has 0 bridgehead atoms. The molecule has 1 aromatic heterocycles. The van der Waals surface area contributed by atoms with Crippen LogP contribution in [0.4, 0.5) is 22.7 Å². The fraction of sp³-hybridized carbons (Fsp3) is 0.290. The molecule has 0 saturated carbocycles. The van der Waals surface area contributed by atoms with E-state index in [1.165, 1.54) is 88.1 Å². The summed E-state index contributed by atoms with van der Waals surface area (Å²) in [5.41, 5.74) is 29.6. The summed E-state index contributed by atoms with van der Waals surface area (Å²) in [6, 6.07) is 18.6. The van der Waals surface area contributed by atoms with Gasteiger partial charge in [-0.2, -0.15) is 0 Å². The Morgan fingerprint density at radius 3 is 1.23 bits per heavy atom. The van der Waals surface area contributed by atoms with Crippen molar-refractivity contribution in [3.63, 3.8) is 0 Å². The van der Waals surface area contributed by atoms with Gasteiger partial charge in [-0.05, 0) is 129 Å². The van der Waals surface area contributed by atoms with Crippen molar-refractivity contribution in [2.24, 2.45) is 28.7 Å². The molecule has 95 heavy (non-hydrogen) atoms. The number of H-pyrrole nitrogens is 1. The van der Waals surface area contributed by atoms with Crippen molar-refractivity contribution in [2.45, 2.75) is 69.1 Å². The lowest BCUT2D eigenvalue weighted by Gasteiger charge is -2.22. The SMILES string of the molecule is COc1ccc(NC(=O)[C@@H](CCCNC(=N)N)NC(=O)c2cc(NC(=O)[C@@H](CCCNC(=N)N)NC(=O)c3cc(NC(=O)[C@@H](CCCNC(=N)N)NC(=O)c4cc(NC(=O)[C@H](N)Cc5c[nH]c6ccccc56)ccc4OC)ccc3OC)ccc2OCC(=O)O)cc1C(N)=O. The third-order valence-electron chi connectivity index (χ3n) is 14.3. The fourth-order valence-electron chi connectivity index (χ4n) is 9.61. The van der Waals surface area contributed by atoms with Gasteiger partial charge in [0, 0.05) is 59.5 Å². The first-order valence-electron chi connectivity index (χ1n) is 29.4. The van der Waals surface area contributed by atoms with E-state index in [4.69, 9.17) is 63.8 Å². The minimum atomic E-state index is -1.41. The van der Waals surface area contributed by atoms with E-state index in [2.05, 4.69) is 58.2 Å². The number of anilines is 4. The van der Waals surface area contributed by atoms with Gasteiger partial charge >= 0.3 is 5.97 Å². The Morgan fingerprint density at radius 1 is 0.495 bits per heavy atom. The summed E-state index contributed by atoms with van der Waals surface area (Å²) in [5, 5.41) is 59.8. The Bertz CT molecular complexity index is 3840. The molecule has 0 unspecified atom stereocenters. The van der Waals surface area contributed by atoms with Gasteiger partial charge in [-0.25, -0.2) is 4.79 Å². The lowest BCUT2D eigenvalue weighted by atomic mass is 10.0. The maximum atomic E-state index is 14.4. The largest absolute Gasteiger partial charge is 0.496 e. The average molecular weight is 1310 g/mol. The summed E-state index contributed by atoms with van der Waals surface area (Å²) in [5.74, 6) is -8.99. The number of aromatic amines is 1. The highest BCUT2D eigenvalue weighted by molar-refractivity contribution is 6.08. The van der Waals surface area contributed by atoms with E-state index in [1.807, 2.05) is 24.3 Å². The van der Waals surface area contributed by atoms with E-state index >= 15 is 0 Å². The molecule has 8 amide bonds. The van der Waals surface area contributed by atoms with Gasteiger partial charge in [-0.15, -0.1) is 0 Å². The second-order valence-corrected chi connectivity index (χ2v) is 21.2. The van der Waals surface area contributed by atoms with Crippen molar-refractivity contribution in [1.82, 2.24) is 36.9 Å². The smallest absolute Gasteiger partial charge is 0.341 e. The Balaban J connectivity index is 1.22. The molecule has 25 N–H and O–H groups in total. The number of ether oxygens (including phenoxy) is 4. The molecule has 0 radical (unpaired) electrons. The lowest BCUT2D eigenvalue weighted by Crippen LogP contribution is -2.45. The second kappa shape index (κ2) is 34.9. The summed E-state index contributed by atoms with van der Waals surface area (Å²) in [7, 11) is 3.92. The number of hydrogen-bond donors (Lipinski definition) is 20. The van der Waals surface area contributed by atoms with Crippen molar-refractivity contribution in [1.29, 1.82) is 16.2 Å². The number of aromatic nitrogens is 1. The van der Waals surface area contributed by atoms with Crippen LogP contribution in [0.15, 0.2) is 103 Å². The molecule has 33 nitrogen and oxygen atoms in total. The van der Waals surface area contributed by atoms with E-state index < -0.39 is 84.0 Å². The van der Waals surface area contributed by atoms with Crippen molar-refractivity contribution >= 4 is 105 Å². The van der Waals surface area contributed by atoms with Crippen molar-refractivity contribution in [3.8, 4) is 23.0 Å². The first kappa shape index (κ1) is 71.9. The molecule has 6 aromatic rings. The van der Waals surface area contributed by atoms with Crippen LogP contribution in [0.2, 0.25) is 0 Å². The Labute approximate surface area is 543 Å². The number of rotatable bonds is 35. The molecule has 1 heterocycles. The topological polar surface area (TPSA) is 549 Å². The Hall–Kier alpha value is -12.2. The van der Waals surface area contributed by atoms with Gasteiger partial charge in [-0.1, -0.05) is 18.2 Å². The summed E-state index contributed by atoms with van der Waals surface area (Å²) in [4.78, 5) is 126. The number of nitrogens with one attached hydrogen (secondary N) is 14. The number of para-hydroxylation sites is 1. The van der Waals surface area contributed by atoms with E-state index in [-0.39, 0.29) is 150 Å². The van der Waals surface area contributed by atoms with Gasteiger partial charge in [0.15, 0.2) is 24.5 Å². The van der Waals surface area contributed by atoms with Crippen LogP contribution in [0.3, 0.4) is 0 Å². The minimum Gasteiger partial charge on any atom is -0.496 e. The molecule has 0 aliphatic carbocycles. The van der Waals surface area contributed by atoms with E-state index in [1.54, 1.807) is 6.20 Å². The molecule has 0 fully saturated rings. The van der Waals surface area contributed by atoms with Gasteiger partial charge in [0.2, 0.25) is 23.6 Å². The van der Waals surface area contributed by atoms with Gasteiger partial charge in [0.25, 0.3) is 23.6 Å². The lowest BCUT2D eigenvalue weighted by molar-refractivity contribution is -0.139. The minimum absolute atomic E-state index is 0.00910. The fourth-order valence-corrected chi connectivity index (χ4v) is 9.61. The number of carbonyl (C=O) groups excluding carboxylic acids is 8. The highest BCUT2D eigenvalue weighted by Gasteiger charge is 2.29. The first-order valence-corrected chi connectivity index (χ1v) is 29.4. The number of hydrogen-bond acceptors (Lipinski definition) is 17. The van der Waals surface area contributed by atoms with Gasteiger partial charge in [-0.3, -0.25) is 54.6 Å². The van der Waals surface area contributed by atoms with Crippen molar-refractivity contribution < 1.29 is 67.2 Å². The highest BCUT2D eigenvalue weighted by atomic mass is 16.5. The molecular formula is C62H77N19O14. The normalized spacial score (nSPS) is 12.0. The molecule has 0 saturated heterocycles. The second-order valence-electron chi connectivity index (χ2n) is 21.2. The number of nitrogens with two attached hydrogens (primary N) is 5. The van der Waals surface area contributed by atoms with Gasteiger partial charge < -0.3 is 111 Å². The summed E-state index contributed by atoms with van der Waals surface area (Å²) in [6.45, 7) is -0.610. The number of guanidine groups is 3. The van der Waals surface area contributed by atoms with E-state index in [0.717, 1.165) is 22.5 Å². The van der Waals surface area contributed by atoms with Crippen LogP contribution < -0.4 is 101 Å². The number of carboxylic acids is 1. The average Bonchev–Trinajstić information content (AvgIpc) is 1.58. The standard InChI is InChI=1S/C62H77N19O14/c1-92-47-18-14-33(26-38(47)52(64)84)76-57(89)46(13-8-24-73-62(69)70)81-55(87)41-29-36(17-21-50(41)95-31-51(82)83)78-59(91)45(12-7-23-72-61(67)68)80-54(86)40-28-35(16-20-49(40)94-3)77-58(90)44(11-6-22-71-60(65)66)79-53(85)39-27-34(15-19-48(39)93-2)75-56(88)42(63)25-32-30-74-43-10-5-4-9-37(32)43/h4-5,9-10,14-21,26-30,42,44-46,74H,6-8,11-13,22-25,31,63H2,1-3H3,(H2,64,84)(H,75,88)(H,76,89)(H,77,90)(H,78,91)(H,79,85)(H,80,86)(H,81,87)(H,82,83)(H4,65,66,71)(H4,67,68,72)(H4,69,70,73)/t42-,44-,45-,46-/m1/s1. The van der Waals surface area contributed by atoms with Crippen molar-refractivity contribution in [2.75, 3.05) is 68.8 Å². The van der Waals surface area contributed by atoms with Crippen LogP contribution in [-0.2, 0) is 30.4 Å². The molecular weight excluding hydrogens is 1230 g/mol. The molecule has 0 aliphatic rings. The van der Waals surface area contributed by atoms with Crippen molar-refractivity contribution in [3.05, 3.63) is 131 Å². The van der Waals surface area contributed by atoms with Gasteiger partial charge in [0.1, 0.15) is 41.1 Å². The zero-order valence-electron chi connectivity index (χ0n) is 52.0. The third-order valence-corrected chi connectivity index (χ3v) is 14.3. The molecule has 504 valence electrons. The molecule has 4 atom stereocenters. The number of fused-ring (bicyclic) bond motifs is 1. The molecule has 5 aromatic carbocycles. The summed E-state index contributed by atoms with van der Waals surface area (Å²) in [6.07, 6.45) is 2.29. The zero-order valence-corrected chi connectivity index (χ0v) is 52.0. The molecule has 33 heteroatoms. The number of aliphatic carboxylic acids is 1. The van der Waals surface area contributed by atoms with E-state index in [0.29, 0.717) is 0 Å². The predicted molar refractivity (Wildman–Crippen MR) is 353 cm³/mol. The highest BCUT2D eigenvalue weighted by Crippen LogP contribution is 2.29. The number of carbonyl (C=O) groups is 9. The van der Waals surface area contributed by atoms with E-state index in [9.17, 15) is 48.3 Å². The number of primary amides is 1. The first-order chi connectivity index (χ1) is 45.4. The number of methoxy groups -OCH3 is 3. The number of carboxylic acid groups (broad SMARTS) is 1. The monoisotopic (exact) mass is 1310 g/mol. The maximum Gasteiger partial charge on any atom is 0.341 e. The van der Waals surface area contributed by atoms with Crippen LogP contribution in [0.5, 0.6) is 23.0 Å². The van der Waals surface area contributed by atoms with Crippen LogP contribution in [0.1, 0.15) is 85.5 Å². The Kier molecular flexibility index (Phi) is 26.4. The quantitative estimate of drug-likeness (QED) is 0.0151. The van der Waals surface area contributed by atoms with Crippen LogP contribution in [-0.4, -0.2) is 153 Å². The molecule has 6 rings (SSSR count). The van der Waals surface area contributed by atoms with Crippen LogP contribution >= 0.6 is 0 Å². The van der Waals surface area contributed by atoms with Gasteiger partial charge in [0.05, 0.1) is 49.6 Å². The third kappa shape index (κ3) is 21.5. The number of benzene rings is 5. The summed E-state index contributed by atoms with van der Waals surface area (Å²) < 4.78 is 21.7. The predicted octanol–water partition coefficient (Wildman–Crippen LogP) is 1.27. The maximum absolute atomic E-state index is 14.4. The van der Waals surface area contributed by atoms with Crippen LogP contribution in [0, 0.1) is 16.2 Å². The summed E-state index contributed by atoms with van der Waals surface area (Å²) >= 11 is 0.